The highest BCUT2D eigenvalue weighted by Gasteiger charge is 2.22. The van der Waals surface area contributed by atoms with E-state index < -0.39 is 23.5 Å². The maximum atomic E-state index is 13.2. The van der Waals surface area contributed by atoms with Crippen LogP contribution in [-0.2, 0) is 4.79 Å². The number of H-pyrrole nitrogens is 1. The highest BCUT2D eigenvalue weighted by atomic mass is 35.5. The van der Waals surface area contributed by atoms with Gasteiger partial charge in [-0.2, -0.15) is 0 Å². The van der Waals surface area contributed by atoms with Crippen LogP contribution in [-0.4, -0.2) is 58.1 Å². The molecular weight excluding hydrogens is 503 g/mol. The number of hydrogen-bond acceptors (Lipinski definition) is 5. The fourth-order valence-electron chi connectivity index (χ4n) is 3.84. The average molecular weight is 527 g/mol. The van der Waals surface area contributed by atoms with Crippen molar-refractivity contribution in [3.05, 3.63) is 76.6 Å². The highest BCUT2D eigenvalue weighted by Crippen LogP contribution is 2.20. The molecule has 0 radical (unpaired) electrons. The molecule has 12 heteroatoms. The van der Waals surface area contributed by atoms with Crippen molar-refractivity contribution in [2.24, 2.45) is 0 Å². The van der Waals surface area contributed by atoms with Gasteiger partial charge in [0.05, 0.1) is 16.9 Å². The van der Waals surface area contributed by atoms with Gasteiger partial charge < -0.3 is 25.8 Å². The molecule has 0 aliphatic carbocycles. The second kappa shape index (κ2) is 11.7. The number of benzene rings is 2. The Labute approximate surface area is 216 Å². The first-order valence-electron chi connectivity index (χ1n) is 11.6. The van der Waals surface area contributed by atoms with E-state index in [-0.39, 0.29) is 27.9 Å². The minimum absolute atomic E-state index is 0.0121. The SMILES string of the molecule is O=C(Nc1ccc(NC(=O)c2nc[nH]c2C(=O)NCCCN2CCCC2=O)cc1)c1ccc(F)cc1Cl. The van der Waals surface area contributed by atoms with Crippen LogP contribution in [0.15, 0.2) is 48.8 Å². The molecule has 2 heterocycles. The normalized spacial score (nSPS) is 12.9. The van der Waals surface area contributed by atoms with Crippen molar-refractivity contribution in [1.82, 2.24) is 20.2 Å². The van der Waals surface area contributed by atoms with Gasteiger partial charge in [0.15, 0.2) is 5.69 Å². The molecule has 0 atom stereocenters. The minimum atomic E-state index is -0.594. The van der Waals surface area contributed by atoms with E-state index in [9.17, 15) is 23.6 Å². The summed E-state index contributed by atoms with van der Waals surface area (Å²) in [6, 6.07) is 9.73. The summed E-state index contributed by atoms with van der Waals surface area (Å²) < 4.78 is 13.2. The van der Waals surface area contributed by atoms with Gasteiger partial charge >= 0.3 is 0 Å². The van der Waals surface area contributed by atoms with E-state index in [1.165, 1.54) is 12.4 Å². The lowest BCUT2D eigenvalue weighted by Crippen LogP contribution is -2.31. The van der Waals surface area contributed by atoms with Crippen LogP contribution in [0.5, 0.6) is 0 Å². The van der Waals surface area contributed by atoms with Crippen LogP contribution in [0, 0.1) is 5.82 Å². The third-order valence-corrected chi connectivity index (χ3v) is 6.03. The number of likely N-dealkylation sites (tertiary alicyclic amines) is 1. The Balaban J connectivity index is 1.29. The predicted molar refractivity (Wildman–Crippen MR) is 135 cm³/mol. The Morgan fingerprint density at radius 3 is 2.38 bits per heavy atom. The summed E-state index contributed by atoms with van der Waals surface area (Å²) in [5.74, 6) is -2.00. The molecule has 37 heavy (non-hydrogen) atoms. The molecule has 0 saturated carbocycles. The van der Waals surface area contributed by atoms with Crippen molar-refractivity contribution >= 4 is 46.6 Å². The molecule has 1 aliphatic rings. The molecule has 0 unspecified atom stereocenters. The fraction of sp³-hybridized carbons (Fsp3) is 0.240. The van der Waals surface area contributed by atoms with Crippen LogP contribution in [0.3, 0.4) is 0 Å². The van der Waals surface area contributed by atoms with Crippen molar-refractivity contribution in [2.75, 3.05) is 30.3 Å². The Morgan fingerprint density at radius 1 is 1.03 bits per heavy atom. The molecule has 0 spiro atoms. The quantitative estimate of drug-likeness (QED) is 0.317. The smallest absolute Gasteiger partial charge is 0.276 e. The van der Waals surface area contributed by atoms with E-state index in [0.29, 0.717) is 37.3 Å². The summed E-state index contributed by atoms with van der Waals surface area (Å²) in [6.07, 6.45) is 3.29. The van der Waals surface area contributed by atoms with Gasteiger partial charge in [0, 0.05) is 37.4 Å². The number of amides is 4. The molecule has 1 aromatic heterocycles. The lowest BCUT2D eigenvalue weighted by molar-refractivity contribution is -0.127. The third-order valence-electron chi connectivity index (χ3n) is 5.72. The van der Waals surface area contributed by atoms with Gasteiger partial charge in [0.1, 0.15) is 11.5 Å². The Bertz CT molecular complexity index is 1330. The topological polar surface area (TPSA) is 136 Å². The van der Waals surface area contributed by atoms with Crippen LogP contribution in [0.25, 0.3) is 0 Å². The summed E-state index contributed by atoms with van der Waals surface area (Å²) in [7, 11) is 0. The van der Waals surface area contributed by atoms with E-state index >= 15 is 0 Å². The third kappa shape index (κ3) is 6.50. The second-order valence-electron chi connectivity index (χ2n) is 8.33. The second-order valence-corrected chi connectivity index (χ2v) is 8.74. The molecule has 4 amide bonds. The molecule has 1 aliphatic heterocycles. The minimum Gasteiger partial charge on any atom is -0.351 e. The lowest BCUT2D eigenvalue weighted by Gasteiger charge is -2.15. The summed E-state index contributed by atoms with van der Waals surface area (Å²) in [5.41, 5.74) is 0.908. The maximum Gasteiger partial charge on any atom is 0.276 e. The largest absolute Gasteiger partial charge is 0.351 e. The Morgan fingerprint density at radius 2 is 1.73 bits per heavy atom. The van der Waals surface area contributed by atoms with E-state index in [2.05, 4.69) is 25.9 Å². The zero-order valence-electron chi connectivity index (χ0n) is 19.6. The average Bonchev–Trinajstić information content (AvgIpc) is 3.52. The maximum absolute atomic E-state index is 13.2. The van der Waals surface area contributed by atoms with Crippen molar-refractivity contribution in [2.45, 2.75) is 19.3 Å². The number of rotatable bonds is 9. The predicted octanol–water partition coefficient (Wildman–Crippen LogP) is 3.45. The van der Waals surface area contributed by atoms with Gasteiger partial charge in [-0.3, -0.25) is 19.2 Å². The van der Waals surface area contributed by atoms with Crippen LogP contribution in [0.1, 0.15) is 50.6 Å². The van der Waals surface area contributed by atoms with Gasteiger partial charge in [-0.1, -0.05) is 11.6 Å². The highest BCUT2D eigenvalue weighted by molar-refractivity contribution is 6.34. The monoisotopic (exact) mass is 526 g/mol. The van der Waals surface area contributed by atoms with Crippen LogP contribution >= 0.6 is 11.6 Å². The van der Waals surface area contributed by atoms with Crippen molar-refractivity contribution in [3.63, 3.8) is 0 Å². The number of carbonyl (C=O) groups is 4. The summed E-state index contributed by atoms with van der Waals surface area (Å²) >= 11 is 5.93. The van der Waals surface area contributed by atoms with Gasteiger partial charge in [0.25, 0.3) is 17.7 Å². The number of nitrogens with zero attached hydrogens (tertiary/aromatic N) is 2. The molecule has 192 valence electrons. The first-order valence-corrected chi connectivity index (χ1v) is 12.0. The van der Waals surface area contributed by atoms with Crippen LogP contribution in [0.2, 0.25) is 5.02 Å². The molecule has 10 nitrogen and oxygen atoms in total. The molecule has 4 rings (SSSR count). The number of imidazole rings is 1. The fourth-order valence-corrected chi connectivity index (χ4v) is 4.09. The number of anilines is 2. The zero-order valence-corrected chi connectivity index (χ0v) is 20.4. The summed E-state index contributed by atoms with van der Waals surface area (Å²) in [6.45, 7) is 1.66. The molecule has 2 aromatic carbocycles. The number of nitrogens with one attached hydrogen (secondary N) is 4. The van der Waals surface area contributed by atoms with Crippen LogP contribution < -0.4 is 16.0 Å². The zero-order chi connectivity index (χ0) is 26.4. The first kappa shape index (κ1) is 25.8. The number of aromatic amines is 1. The molecule has 3 aromatic rings. The Kier molecular flexibility index (Phi) is 8.14. The van der Waals surface area contributed by atoms with Crippen molar-refractivity contribution in [3.8, 4) is 0 Å². The van der Waals surface area contributed by atoms with E-state index in [4.69, 9.17) is 11.6 Å². The number of carbonyl (C=O) groups excluding carboxylic acids is 4. The van der Waals surface area contributed by atoms with E-state index in [0.717, 1.165) is 25.1 Å². The molecule has 0 bridgehead atoms. The van der Waals surface area contributed by atoms with Crippen molar-refractivity contribution in [1.29, 1.82) is 0 Å². The lowest BCUT2D eigenvalue weighted by atomic mass is 10.2. The number of aromatic nitrogens is 2. The van der Waals surface area contributed by atoms with Gasteiger partial charge in [0.2, 0.25) is 5.91 Å². The van der Waals surface area contributed by atoms with Gasteiger partial charge in [-0.15, -0.1) is 0 Å². The van der Waals surface area contributed by atoms with E-state index in [1.807, 2.05) is 0 Å². The molecule has 1 saturated heterocycles. The Hall–Kier alpha value is -4.25. The number of halogens is 2. The molecule has 1 fully saturated rings. The summed E-state index contributed by atoms with van der Waals surface area (Å²) in [4.78, 5) is 57.7. The standard InChI is InChI=1S/C25H24ClFN6O4/c26-19-13-15(27)4-9-18(19)23(35)31-16-5-7-17(8-6-16)32-25(37)22-21(29-14-30-22)24(36)28-10-2-12-33-11-1-3-20(33)34/h4-9,13-14H,1-3,10-12H2,(H,28,36)(H,29,30)(H,31,35)(H,32,37). The van der Waals surface area contributed by atoms with Crippen molar-refractivity contribution < 1.29 is 23.6 Å². The first-order chi connectivity index (χ1) is 17.8. The van der Waals surface area contributed by atoms with Crippen LogP contribution in [0.4, 0.5) is 15.8 Å². The molecule has 4 N–H and O–H groups in total. The van der Waals surface area contributed by atoms with Gasteiger partial charge in [-0.25, -0.2) is 9.37 Å². The summed E-state index contributed by atoms with van der Waals surface area (Å²) in [5, 5.41) is 8.02. The molecular formula is C25H24ClFN6O4. The van der Waals surface area contributed by atoms with E-state index in [1.54, 1.807) is 29.2 Å². The number of hydrogen-bond donors (Lipinski definition) is 4. The van der Waals surface area contributed by atoms with Gasteiger partial charge in [-0.05, 0) is 55.3 Å².